The Hall–Kier alpha value is -2.11. The number of rotatable bonds is 7. The topological polar surface area (TPSA) is 44.8 Å². The summed E-state index contributed by atoms with van der Waals surface area (Å²) in [6.45, 7) is 14.4. The second-order valence-electron chi connectivity index (χ2n) is 13.7. The summed E-state index contributed by atoms with van der Waals surface area (Å²) in [5, 5.41) is 0.193. The van der Waals surface area contributed by atoms with Crippen molar-refractivity contribution >= 4 is 14.3 Å². The largest absolute Gasteiger partial charge is 0.543 e. The van der Waals surface area contributed by atoms with Gasteiger partial charge in [-0.2, -0.15) is 0 Å². The Balaban J connectivity index is 1.21. The molecule has 0 radical (unpaired) electrons. The van der Waals surface area contributed by atoms with Crippen LogP contribution in [0.3, 0.4) is 0 Å². The van der Waals surface area contributed by atoms with Crippen LogP contribution in [-0.2, 0) is 27.3 Å². The highest BCUT2D eigenvalue weighted by atomic mass is 28.4. The lowest BCUT2D eigenvalue weighted by Gasteiger charge is -2.50. The third-order valence-corrected chi connectivity index (χ3v) is 14.8. The fourth-order valence-electron chi connectivity index (χ4n) is 7.23. The lowest BCUT2D eigenvalue weighted by Crippen LogP contribution is -2.45. The molecule has 38 heavy (non-hydrogen) atoms. The summed E-state index contributed by atoms with van der Waals surface area (Å²) in [7, 11) is -1.85. The summed E-state index contributed by atoms with van der Waals surface area (Å²) in [5.74, 6) is 2.73. The third-order valence-electron chi connectivity index (χ3n) is 10.4. The fourth-order valence-corrected chi connectivity index (χ4v) is 8.26. The van der Waals surface area contributed by atoms with E-state index in [4.69, 9.17) is 13.9 Å². The standard InChI is InChI=1S/C33H46O4Si/c1-32(2,3)38(5,6)37-25-13-15-26-24(20-25)12-14-28-27(26)18-19-33(4)29(28)16-17-30(33)36-31(34)22-35-21-23-10-8-7-9-11-23/h7-11,13,15,20,27-30H,12,14,16-19,21-22H2,1-6H3/t27?,28?,29?,30-,33-/m0/s1. The molecule has 5 atom stereocenters. The maximum absolute atomic E-state index is 12.7. The van der Waals surface area contributed by atoms with Gasteiger partial charge >= 0.3 is 5.97 Å². The monoisotopic (exact) mass is 534 g/mol. The molecule has 0 heterocycles. The molecule has 3 aliphatic carbocycles. The Bertz CT molecular complexity index is 1140. The molecular formula is C33H46O4Si. The quantitative estimate of drug-likeness (QED) is 0.266. The summed E-state index contributed by atoms with van der Waals surface area (Å²) in [4.78, 5) is 12.7. The van der Waals surface area contributed by atoms with Crippen LogP contribution in [0.4, 0.5) is 0 Å². The van der Waals surface area contributed by atoms with Crippen LogP contribution in [0, 0.1) is 17.3 Å². The van der Waals surface area contributed by atoms with Crippen LogP contribution < -0.4 is 4.43 Å². The first kappa shape index (κ1) is 27.5. The maximum Gasteiger partial charge on any atom is 0.332 e. The highest BCUT2D eigenvalue weighted by Gasteiger charge is 2.56. The molecule has 0 N–H and O–H groups in total. The molecule has 206 valence electrons. The molecule has 5 rings (SSSR count). The number of aryl methyl sites for hydroxylation is 1. The smallest absolute Gasteiger partial charge is 0.332 e. The Morgan fingerprint density at radius 2 is 1.79 bits per heavy atom. The van der Waals surface area contributed by atoms with Crippen LogP contribution >= 0.6 is 0 Å². The highest BCUT2D eigenvalue weighted by Crippen LogP contribution is 2.61. The Kier molecular flexibility index (Phi) is 7.56. The van der Waals surface area contributed by atoms with Gasteiger partial charge in [0.05, 0.1) is 6.61 Å². The van der Waals surface area contributed by atoms with Gasteiger partial charge in [0.15, 0.2) is 0 Å². The summed E-state index contributed by atoms with van der Waals surface area (Å²) >= 11 is 0. The molecule has 3 aliphatic rings. The van der Waals surface area contributed by atoms with Crippen molar-refractivity contribution in [3.05, 3.63) is 65.2 Å². The van der Waals surface area contributed by atoms with Crippen molar-refractivity contribution in [2.75, 3.05) is 6.61 Å². The van der Waals surface area contributed by atoms with Gasteiger partial charge in [-0.3, -0.25) is 0 Å². The van der Waals surface area contributed by atoms with Crippen molar-refractivity contribution < 1.29 is 18.7 Å². The molecule has 0 spiro atoms. The van der Waals surface area contributed by atoms with E-state index in [1.54, 1.807) is 5.56 Å². The van der Waals surface area contributed by atoms with Crippen LogP contribution in [-0.4, -0.2) is 27.0 Å². The van der Waals surface area contributed by atoms with Crippen molar-refractivity contribution in [3.63, 3.8) is 0 Å². The highest BCUT2D eigenvalue weighted by molar-refractivity contribution is 6.74. The molecule has 2 aromatic rings. The Labute approximate surface area is 230 Å². The van der Waals surface area contributed by atoms with Crippen LogP contribution in [0.5, 0.6) is 5.75 Å². The minimum Gasteiger partial charge on any atom is -0.543 e. The second-order valence-corrected chi connectivity index (χ2v) is 18.4. The second kappa shape index (κ2) is 10.5. The lowest BCUT2D eigenvalue weighted by atomic mass is 9.55. The van der Waals surface area contributed by atoms with Gasteiger partial charge < -0.3 is 13.9 Å². The van der Waals surface area contributed by atoms with Gasteiger partial charge in [-0.05, 0) is 103 Å². The zero-order valence-corrected chi connectivity index (χ0v) is 25.2. The number of hydrogen-bond acceptors (Lipinski definition) is 4. The molecule has 2 fully saturated rings. The molecule has 0 aliphatic heterocycles. The molecular weight excluding hydrogens is 488 g/mol. The van der Waals surface area contributed by atoms with Crippen molar-refractivity contribution in [3.8, 4) is 5.75 Å². The first-order valence-electron chi connectivity index (χ1n) is 14.6. The predicted molar refractivity (Wildman–Crippen MR) is 155 cm³/mol. The fraction of sp³-hybridized carbons (Fsp3) is 0.606. The molecule has 3 unspecified atom stereocenters. The molecule has 4 nitrogen and oxygen atoms in total. The summed E-state index contributed by atoms with van der Waals surface area (Å²) in [5.41, 5.74) is 4.17. The van der Waals surface area contributed by atoms with E-state index in [0.717, 1.165) is 37.0 Å². The molecule has 0 amide bonds. The number of esters is 1. The lowest BCUT2D eigenvalue weighted by molar-refractivity contribution is -0.163. The SMILES string of the molecule is CC(C)(C)[Si](C)(C)Oc1ccc2c(c1)CCC1C2CC[C@@]2(C)C1CC[C@@H]2OC(=O)COCc1ccccc1. The number of ether oxygens (including phenoxy) is 2. The summed E-state index contributed by atoms with van der Waals surface area (Å²) in [6, 6.07) is 16.9. The van der Waals surface area contributed by atoms with Crippen molar-refractivity contribution in [1.82, 2.24) is 0 Å². The van der Waals surface area contributed by atoms with Crippen LogP contribution in [0.15, 0.2) is 48.5 Å². The van der Waals surface area contributed by atoms with Crippen LogP contribution in [0.1, 0.15) is 82.4 Å². The van der Waals surface area contributed by atoms with E-state index in [1.165, 1.54) is 18.4 Å². The van der Waals surface area contributed by atoms with Crippen LogP contribution in [0.25, 0.3) is 0 Å². The number of hydrogen-bond donors (Lipinski definition) is 0. The van der Waals surface area contributed by atoms with E-state index in [1.807, 2.05) is 30.3 Å². The first-order chi connectivity index (χ1) is 18.0. The number of benzene rings is 2. The molecule has 0 aromatic heterocycles. The first-order valence-corrected chi connectivity index (χ1v) is 17.5. The van der Waals surface area contributed by atoms with Crippen molar-refractivity contribution in [2.24, 2.45) is 17.3 Å². The minimum atomic E-state index is -1.85. The van der Waals surface area contributed by atoms with Gasteiger partial charge in [0.25, 0.3) is 0 Å². The van der Waals surface area contributed by atoms with Gasteiger partial charge in [0.2, 0.25) is 8.32 Å². The average molecular weight is 535 g/mol. The van der Waals surface area contributed by atoms with Gasteiger partial charge in [-0.25, -0.2) is 4.79 Å². The molecule has 0 bridgehead atoms. The third kappa shape index (κ3) is 5.33. The Morgan fingerprint density at radius 3 is 2.53 bits per heavy atom. The van der Waals surface area contributed by atoms with Gasteiger partial charge in [0, 0.05) is 5.41 Å². The van der Waals surface area contributed by atoms with E-state index in [9.17, 15) is 4.79 Å². The number of carbonyl (C=O) groups excluding carboxylic acids is 1. The van der Waals surface area contributed by atoms with Gasteiger partial charge in [-0.15, -0.1) is 0 Å². The summed E-state index contributed by atoms with van der Waals surface area (Å²) in [6.07, 6.45) is 6.76. The zero-order chi connectivity index (χ0) is 27.1. The average Bonchev–Trinajstić information content (AvgIpc) is 3.19. The predicted octanol–water partition coefficient (Wildman–Crippen LogP) is 8.06. The van der Waals surface area contributed by atoms with Crippen molar-refractivity contribution in [1.29, 1.82) is 0 Å². The molecule has 5 heteroatoms. The van der Waals surface area contributed by atoms with Gasteiger partial charge in [0.1, 0.15) is 18.5 Å². The minimum absolute atomic E-state index is 0.00281. The maximum atomic E-state index is 12.7. The van der Waals surface area contributed by atoms with E-state index in [0.29, 0.717) is 24.4 Å². The van der Waals surface area contributed by atoms with E-state index in [-0.39, 0.29) is 29.1 Å². The molecule has 2 saturated carbocycles. The van der Waals surface area contributed by atoms with E-state index < -0.39 is 8.32 Å². The Morgan fingerprint density at radius 1 is 1.03 bits per heavy atom. The molecule has 2 aromatic carbocycles. The van der Waals surface area contributed by atoms with Crippen molar-refractivity contribution in [2.45, 2.75) is 103 Å². The van der Waals surface area contributed by atoms with Gasteiger partial charge in [-0.1, -0.05) is 64.1 Å². The van der Waals surface area contributed by atoms with Crippen LogP contribution in [0.2, 0.25) is 18.1 Å². The number of fused-ring (bicyclic) bond motifs is 5. The van der Waals surface area contributed by atoms with E-state index in [2.05, 4.69) is 59.0 Å². The summed E-state index contributed by atoms with van der Waals surface area (Å²) < 4.78 is 18.4. The number of carbonyl (C=O) groups is 1. The molecule has 0 saturated heterocycles. The zero-order valence-electron chi connectivity index (χ0n) is 24.2. The van der Waals surface area contributed by atoms with E-state index >= 15 is 0 Å². The normalized spacial score (nSPS) is 28.7.